The Balaban J connectivity index is 2.73. The van der Waals surface area contributed by atoms with Crippen LogP contribution in [0.4, 0.5) is 5.82 Å². The Morgan fingerprint density at radius 2 is 2.00 bits per heavy atom. The molecule has 8 heteroatoms. The second kappa shape index (κ2) is 6.86. The molecule has 7 nitrogen and oxygen atoms in total. The third kappa shape index (κ3) is 6.09. The molecule has 1 aromatic rings. The first-order chi connectivity index (χ1) is 9.64. The van der Waals surface area contributed by atoms with E-state index in [1.807, 2.05) is 27.7 Å². The first-order valence-corrected chi connectivity index (χ1v) is 8.13. The minimum Gasteiger partial charge on any atom is -0.370 e. The lowest BCUT2D eigenvalue weighted by Gasteiger charge is -2.20. The van der Waals surface area contributed by atoms with Gasteiger partial charge in [0, 0.05) is 24.3 Å². The summed E-state index contributed by atoms with van der Waals surface area (Å²) in [7, 11) is -3.74. The molecule has 0 fully saturated rings. The number of amides is 1. The number of sulfonamides is 1. The van der Waals surface area contributed by atoms with Gasteiger partial charge in [-0.2, -0.15) is 0 Å². The number of rotatable bonds is 6. The number of pyridine rings is 1. The van der Waals surface area contributed by atoms with Crippen LogP contribution in [0.3, 0.4) is 0 Å². The lowest BCUT2D eigenvalue weighted by Crippen LogP contribution is -2.45. The molecule has 0 radical (unpaired) electrons. The van der Waals surface area contributed by atoms with Gasteiger partial charge in [-0.25, -0.2) is 18.1 Å². The van der Waals surface area contributed by atoms with Crippen LogP contribution < -0.4 is 15.4 Å². The highest BCUT2D eigenvalue weighted by Crippen LogP contribution is 2.12. The predicted molar refractivity (Wildman–Crippen MR) is 81.5 cm³/mol. The molecule has 0 unspecified atom stereocenters. The smallest absolute Gasteiger partial charge is 0.241 e. The highest BCUT2D eigenvalue weighted by Gasteiger charge is 2.18. The van der Waals surface area contributed by atoms with Gasteiger partial charge in [-0.1, -0.05) is 0 Å². The van der Waals surface area contributed by atoms with E-state index in [1.54, 1.807) is 0 Å². The van der Waals surface area contributed by atoms with Crippen molar-refractivity contribution < 1.29 is 13.2 Å². The fourth-order valence-electron chi connectivity index (χ4n) is 1.56. The first kappa shape index (κ1) is 17.4. The van der Waals surface area contributed by atoms with Crippen LogP contribution in [0.25, 0.3) is 0 Å². The Bertz CT molecular complexity index is 594. The fourth-order valence-corrected chi connectivity index (χ4v) is 2.56. The minimum atomic E-state index is -3.74. The first-order valence-electron chi connectivity index (χ1n) is 6.64. The topological polar surface area (TPSA) is 100 Å². The van der Waals surface area contributed by atoms with Crippen molar-refractivity contribution in [2.45, 2.75) is 38.1 Å². The average molecular weight is 314 g/mol. The van der Waals surface area contributed by atoms with E-state index in [9.17, 15) is 13.2 Å². The van der Waals surface area contributed by atoms with Crippen LogP contribution >= 0.6 is 0 Å². The van der Waals surface area contributed by atoms with Crippen LogP contribution in [0.15, 0.2) is 23.2 Å². The van der Waals surface area contributed by atoms with Crippen LogP contribution in [-0.4, -0.2) is 37.9 Å². The third-order valence-electron chi connectivity index (χ3n) is 2.34. The van der Waals surface area contributed by atoms with Crippen molar-refractivity contribution in [3.8, 4) is 0 Å². The zero-order valence-corrected chi connectivity index (χ0v) is 13.5. The number of hydrogen-bond donors (Lipinski definition) is 3. The van der Waals surface area contributed by atoms with Gasteiger partial charge in [0.25, 0.3) is 0 Å². The normalized spacial score (nSPS) is 12.0. The number of anilines is 1. The summed E-state index contributed by atoms with van der Waals surface area (Å²) in [6.45, 7) is 7.69. The average Bonchev–Trinajstić information content (AvgIpc) is 2.35. The number of carbonyl (C=O) groups excluding carboxylic acids is 1. The zero-order chi connectivity index (χ0) is 16.1. The molecule has 118 valence electrons. The van der Waals surface area contributed by atoms with Gasteiger partial charge >= 0.3 is 0 Å². The van der Waals surface area contributed by atoms with Gasteiger partial charge in [-0.15, -0.1) is 0 Å². The maximum atomic E-state index is 12.1. The molecule has 0 bridgehead atoms. The van der Waals surface area contributed by atoms with Gasteiger partial charge < -0.3 is 10.6 Å². The van der Waals surface area contributed by atoms with Crippen LogP contribution in [0.2, 0.25) is 0 Å². The Morgan fingerprint density at radius 1 is 1.33 bits per heavy atom. The van der Waals surface area contributed by atoms with Crippen LogP contribution in [0, 0.1) is 0 Å². The summed E-state index contributed by atoms with van der Waals surface area (Å²) in [6.07, 6.45) is 1.40. The number of nitrogens with one attached hydrogen (secondary N) is 3. The molecule has 1 rings (SSSR count). The van der Waals surface area contributed by atoms with E-state index >= 15 is 0 Å². The van der Waals surface area contributed by atoms with Crippen LogP contribution in [0.1, 0.15) is 27.7 Å². The maximum absolute atomic E-state index is 12.1. The van der Waals surface area contributed by atoms with Gasteiger partial charge in [0.05, 0.1) is 11.4 Å². The Labute approximate surface area is 125 Å². The number of carbonyl (C=O) groups is 1. The van der Waals surface area contributed by atoms with Gasteiger partial charge in [-0.05, 0) is 33.8 Å². The molecule has 0 saturated carbocycles. The standard InChI is InChI=1S/C13H22N4O3S/c1-5-14-11-8-10(6-7-15-11)21(19,20)16-9-12(18)17-13(2,3)4/h6-8,16H,5,9H2,1-4H3,(H,14,15)(H,17,18). The number of hydrogen-bond acceptors (Lipinski definition) is 5. The second-order valence-electron chi connectivity index (χ2n) is 5.53. The summed E-state index contributed by atoms with van der Waals surface area (Å²) in [5.74, 6) is 0.0894. The summed E-state index contributed by atoms with van der Waals surface area (Å²) in [6, 6.07) is 2.80. The SMILES string of the molecule is CCNc1cc(S(=O)(=O)NCC(=O)NC(C)(C)C)ccn1. The molecule has 0 atom stereocenters. The van der Waals surface area contributed by atoms with E-state index in [-0.39, 0.29) is 17.3 Å². The molecule has 1 heterocycles. The zero-order valence-electron chi connectivity index (χ0n) is 12.7. The Morgan fingerprint density at radius 3 is 2.57 bits per heavy atom. The molecular weight excluding hydrogens is 292 g/mol. The summed E-state index contributed by atoms with van der Waals surface area (Å²) in [5, 5.41) is 5.62. The van der Waals surface area contributed by atoms with Crippen LogP contribution in [-0.2, 0) is 14.8 Å². The van der Waals surface area contributed by atoms with Crippen molar-refractivity contribution in [2.75, 3.05) is 18.4 Å². The van der Waals surface area contributed by atoms with E-state index in [4.69, 9.17) is 0 Å². The molecule has 0 aliphatic rings. The summed E-state index contributed by atoms with van der Waals surface area (Å²) in [5.41, 5.74) is -0.405. The van der Waals surface area contributed by atoms with Crippen LogP contribution in [0.5, 0.6) is 0 Å². The molecule has 3 N–H and O–H groups in total. The summed E-state index contributed by atoms with van der Waals surface area (Å²) >= 11 is 0. The fraction of sp³-hybridized carbons (Fsp3) is 0.538. The number of aromatic nitrogens is 1. The van der Waals surface area contributed by atoms with Gasteiger partial charge in [0.2, 0.25) is 15.9 Å². The van der Waals surface area contributed by atoms with Gasteiger partial charge in [0.15, 0.2) is 0 Å². The van der Waals surface area contributed by atoms with Crippen molar-refractivity contribution >= 4 is 21.7 Å². The van der Waals surface area contributed by atoms with Crippen molar-refractivity contribution in [3.63, 3.8) is 0 Å². The molecule has 0 aromatic carbocycles. The second-order valence-corrected chi connectivity index (χ2v) is 7.30. The molecular formula is C13H22N4O3S. The van der Waals surface area contributed by atoms with E-state index in [0.29, 0.717) is 12.4 Å². The van der Waals surface area contributed by atoms with Crippen molar-refractivity contribution in [3.05, 3.63) is 18.3 Å². The highest BCUT2D eigenvalue weighted by molar-refractivity contribution is 7.89. The molecule has 1 aromatic heterocycles. The molecule has 1 amide bonds. The maximum Gasteiger partial charge on any atom is 0.241 e. The number of nitrogens with zero attached hydrogens (tertiary/aromatic N) is 1. The molecule has 0 aliphatic heterocycles. The quantitative estimate of drug-likeness (QED) is 0.718. The van der Waals surface area contributed by atoms with Crippen molar-refractivity contribution in [2.24, 2.45) is 0 Å². The summed E-state index contributed by atoms with van der Waals surface area (Å²) in [4.78, 5) is 15.7. The van der Waals surface area contributed by atoms with Gasteiger partial charge in [0.1, 0.15) is 5.82 Å². The minimum absolute atomic E-state index is 0.0667. The lowest BCUT2D eigenvalue weighted by molar-refractivity contribution is -0.121. The third-order valence-corrected chi connectivity index (χ3v) is 3.74. The lowest BCUT2D eigenvalue weighted by atomic mass is 10.1. The summed E-state index contributed by atoms with van der Waals surface area (Å²) < 4.78 is 26.5. The Hall–Kier alpha value is -1.67. The van der Waals surface area contributed by atoms with E-state index < -0.39 is 15.6 Å². The molecule has 0 saturated heterocycles. The highest BCUT2D eigenvalue weighted by atomic mass is 32.2. The van der Waals surface area contributed by atoms with Crippen molar-refractivity contribution in [1.82, 2.24) is 15.0 Å². The van der Waals surface area contributed by atoms with E-state index in [2.05, 4.69) is 20.3 Å². The Kier molecular flexibility index (Phi) is 5.68. The monoisotopic (exact) mass is 314 g/mol. The molecule has 0 spiro atoms. The predicted octanol–water partition coefficient (Wildman–Crippen LogP) is 0.706. The van der Waals surface area contributed by atoms with Crippen molar-refractivity contribution in [1.29, 1.82) is 0 Å². The van der Waals surface area contributed by atoms with Gasteiger partial charge in [-0.3, -0.25) is 4.79 Å². The largest absolute Gasteiger partial charge is 0.370 e. The van der Waals surface area contributed by atoms with E-state index in [1.165, 1.54) is 18.3 Å². The van der Waals surface area contributed by atoms with E-state index in [0.717, 1.165) is 0 Å². The molecule has 0 aliphatic carbocycles. The molecule has 21 heavy (non-hydrogen) atoms.